The largest absolute Gasteiger partial charge is 0.477 e. The fourth-order valence-corrected chi connectivity index (χ4v) is 4.89. The average molecular weight is 453 g/mol. The second-order valence-corrected chi connectivity index (χ2v) is 9.08. The molecule has 5 heteroatoms. The number of aromatic carboxylic acids is 1. The second-order valence-electron chi connectivity index (χ2n) is 9.08. The molecule has 0 saturated carbocycles. The lowest BCUT2D eigenvalue weighted by atomic mass is 10.0. The highest BCUT2D eigenvalue weighted by molar-refractivity contribution is 5.93. The van der Waals surface area contributed by atoms with Crippen molar-refractivity contribution in [2.75, 3.05) is 18.0 Å². The summed E-state index contributed by atoms with van der Waals surface area (Å²) in [5, 5.41) is 10.1. The van der Waals surface area contributed by atoms with Crippen LogP contribution >= 0.6 is 0 Å². The summed E-state index contributed by atoms with van der Waals surface area (Å²) in [6.07, 6.45) is 3.82. The molecule has 0 amide bonds. The zero-order valence-corrected chi connectivity index (χ0v) is 19.3. The van der Waals surface area contributed by atoms with Crippen LogP contribution in [0.1, 0.15) is 35.7 Å². The van der Waals surface area contributed by atoms with E-state index in [1.165, 1.54) is 12.6 Å². The van der Waals surface area contributed by atoms with Crippen LogP contribution in [0.3, 0.4) is 0 Å². The molecule has 1 aliphatic rings. The van der Waals surface area contributed by atoms with Gasteiger partial charge in [-0.25, -0.2) is 4.79 Å². The Balaban J connectivity index is 1.54. The number of rotatable bonds is 6. The van der Waals surface area contributed by atoms with Gasteiger partial charge in [0, 0.05) is 36.9 Å². The lowest BCUT2D eigenvalue weighted by Crippen LogP contribution is -2.22. The molecule has 1 N–H and O–H groups in total. The van der Waals surface area contributed by atoms with Crippen molar-refractivity contribution in [3.05, 3.63) is 100 Å². The molecule has 3 aromatic carbocycles. The normalized spacial score (nSPS) is 15.7. The van der Waals surface area contributed by atoms with E-state index in [-0.39, 0.29) is 5.56 Å². The van der Waals surface area contributed by atoms with Gasteiger partial charge in [0.05, 0.1) is 5.52 Å². The average Bonchev–Trinajstić information content (AvgIpc) is 3.36. The first kappa shape index (κ1) is 22.0. The Bertz CT molecular complexity index is 1390. The number of carboxylic acids is 1. The summed E-state index contributed by atoms with van der Waals surface area (Å²) in [4.78, 5) is 27.1. The van der Waals surface area contributed by atoms with Gasteiger partial charge in [-0.15, -0.1) is 0 Å². The predicted octanol–water partition coefficient (Wildman–Crippen LogP) is 5.65. The van der Waals surface area contributed by atoms with Crippen LogP contribution in [0, 0.1) is 5.92 Å². The Morgan fingerprint density at radius 2 is 1.74 bits per heavy atom. The highest BCUT2D eigenvalue weighted by atomic mass is 16.4. The highest BCUT2D eigenvalue weighted by Gasteiger charge is 2.22. The SMILES string of the molecule is CCC1CCN(c2ccc3c(=O)c(C(=O)O)cn(Cc4ccc(-c5ccccc5)cc4)c3c2)C1. The number of carbonyl (C=O) groups is 1. The fraction of sp³-hybridized carbons (Fsp3) is 0.241. The van der Waals surface area contributed by atoms with Gasteiger partial charge >= 0.3 is 5.97 Å². The highest BCUT2D eigenvalue weighted by Crippen LogP contribution is 2.28. The number of pyridine rings is 1. The van der Waals surface area contributed by atoms with Gasteiger partial charge in [0.2, 0.25) is 5.43 Å². The maximum Gasteiger partial charge on any atom is 0.341 e. The Morgan fingerprint density at radius 1 is 1.00 bits per heavy atom. The van der Waals surface area contributed by atoms with E-state index in [1.54, 1.807) is 6.07 Å². The third-order valence-corrected chi connectivity index (χ3v) is 6.94. The number of hydrogen-bond acceptors (Lipinski definition) is 3. The van der Waals surface area contributed by atoms with Gasteiger partial charge in [-0.05, 0) is 47.2 Å². The van der Waals surface area contributed by atoms with Crippen molar-refractivity contribution in [2.24, 2.45) is 5.92 Å². The molecule has 5 nitrogen and oxygen atoms in total. The summed E-state index contributed by atoms with van der Waals surface area (Å²) < 4.78 is 1.90. The summed E-state index contributed by atoms with van der Waals surface area (Å²) in [5.41, 5.74) is 4.53. The van der Waals surface area contributed by atoms with Gasteiger partial charge in [-0.3, -0.25) is 4.79 Å². The minimum atomic E-state index is -1.20. The van der Waals surface area contributed by atoms with Crippen LogP contribution in [-0.4, -0.2) is 28.7 Å². The van der Waals surface area contributed by atoms with Crippen molar-refractivity contribution in [2.45, 2.75) is 26.3 Å². The molecule has 0 aliphatic carbocycles. The molecule has 1 saturated heterocycles. The number of benzene rings is 3. The first-order chi connectivity index (χ1) is 16.5. The zero-order chi connectivity index (χ0) is 23.7. The summed E-state index contributed by atoms with van der Waals surface area (Å²) in [6.45, 7) is 4.72. The van der Waals surface area contributed by atoms with Crippen molar-refractivity contribution in [1.82, 2.24) is 4.57 Å². The van der Waals surface area contributed by atoms with Crippen molar-refractivity contribution >= 4 is 22.6 Å². The second kappa shape index (κ2) is 9.18. The lowest BCUT2D eigenvalue weighted by molar-refractivity contribution is 0.0695. The molecule has 5 rings (SSSR count). The molecule has 1 atom stereocenters. The monoisotopic (exact) mass is 452 g/mol. The maximum absolute atomic E-state index is 12.9. The minimum absolute atomic E-state index is 0.201. The van der Waals surface area contributed by atoms with E-state index < -0.39 is 11.4 Å². The summed E-state index contributed by atoms with van der Waals surface area (Å²) in [7, 11) is 0. The van der Waals surface area contributed by atoms with E-state index in [0.717, 1.165) is 47.4 Å². The van der Waals surface area contributed by atoms with Crippen molar-refractivity contribution < 1.29 is 9.90 Å². The molecule has 1 aliphatic heterocycles. The molecule has 0 spiro atoms. The topological polar surface area (TPSA) is 62.5 Å². The lowest BCUT2D eigenvalue weighted by Gasteiger charge is -2.20. The predicted molar refractivity (Wildman–Crippen MR) is 137 cm³/mol. The Kier molecular flexibility index (Phi) is 5.93. The molecular formula is C29H28N2O3. The Hall–Kier alpha value is -3.86. The molecule has 1 fully saturated rings. The molecule has 0 radical (unpaired) electrons. The van der Waals surface area contributed by atoms with E-state index >= 15 is 0 Å². The van der Waals surface area contributed by atoms with E-state index in [1.807, 2.05) is 34.9 Å². The van der Waals surface area contributed by atoms with Gasteiger partial charge in [0.25, 0.3) is 0 Å². The standard InChI is InChI=1S/C29H28N2O3/c1-2-20-14-15-30(17-20)24-12-13-25-27(16-24)31(19-26(28(25)32)29(33)34)18-21-8-10-23(11-9-21)22-6-4-3-5-7-22/h3-13,16,19-20H,2,14-15,17-18H2,1H3,(H,33,34). The molecule has 4 aromatic rings. The number of anilines is 1. The van der Waals surface area contributed by atoms with Crippen LogP contribution in [0.4, 0.5) is 5.69 Å². The smallest absolute Gasteiger partial charge is 0.341 e. The maximum atomic E-state index is 12.9. The minimum Gasteiger partial charge on any atom is -0.477 e. The quantitative estimate of drug-likeness (QED) is 0.411. The van der Waals surface area contributed by atoms with Crippen LogP contribution in [0.2, 0.25) is 0 Å². The first-order valence-corrected chi connectivity index (χ1v) is 11.8. The first-order valence-electron chi connectivity index (χ1n) is 11.8. The number of aromatic nitrogens is 1. The molecular weight excluding hydrogens is 424 g/mol. The molecule has 1 unspecified atom stereocenters. The molecule has 2 heterocycles. The van der Waals surface area contributed by atoms with Crippen LogP contribution in [-0.2, 0) is 6.54 Å². The third-order valence-electron chi connectivity index (χ3n) is 6.94. The summed E-state index contributed by atoms with van der Waals surface area (Å²) >= 11 is 0. The van der Waals surface area contributed by atoms with Crippen molar-refractivity contribution in [3.63, 3.8) is 0 Å². The number of nitrogens with zero attached hydrogens (tertiary/aromatic N) is 2. The van der Waals surface area contributed by atoms with Crippen LogP contribution in [0.5, 0.6) is 0 Å². The number of fused-ring (bicyclic) bond motifs is 1. The van der Waals surface area contributed by atoms with E-state index in [9.17, 15) is 14.7 Å². The molecule has 34 heavy (non-hydrogen) atoms. The van der Waals surface area contributed by atoms with Crippen molar-refractivity contribution in [3.8, 4) is 11.1 Å². The Labute approximate surface area is 198 Å². The van der Waals surface area contributed by atoms with Gasteiger partial charge in [-0.2, -0.15) is 0 Å². The van der Waals surface area contributed by atoms with E-state index in [4.69, 9.17) is 0 Å². The third kappa shape index (κ3) is 4.21. The van der Waals surface area contributed by atoms with Gasteiger partial charge < -0.3 is 14.6 Å². The Morgan fingerprint density at radius 3 is 2.41 bits per heavy atom. The molecule has 0 bridgehead atoms. The van der Waals surface area contributed by atoms with Gasteiger partial charge in [0.1, 0.15) is 5.56 Å². The van der Waals surface area contributed by atoms with Crippen molar-refractivity contribution in [1.29, 1.82) is 0 Å². The molecule has 172 valence electrons. The number of hydrogen-bond donors (Lipinski definition) is 1. The summed E-state index contributed by atoms with van der Waals surface area (Å²) in [6, 6.07) is 24.2. The number of carboxylic acid groups (broad SMARTS) is 1. The molecule has 1 aromatic heterocycles. The summed E-state index contributed by atoms with van der Waals surface area (Å²) in [5.74, 6) is -0.509. The van der Waals surface area contributed by atoms with Crippen LogP contribution < -0.4 is 10.3 Å². The zero-order valence-electron chi connectivity index (χ0n) is 19.3. The van der Waals surface area contributed by atoms with Crippen LogP contribution in [0.25, 0.3) is 22.0 Å². The van der Waals surface area contributed by atoms with Gasteiger partial charge in [-0.1, -0.05) is 67.9 Å². The van der Waals surface area contributed by atoms with Crippen LogP contribution in [0.15, 0.2) is 83.8 Å². The van der Waals surface area contributed by atoms with E-state index in [0.29, 0.717) is 17.8 Å². The fourth-order valence-electron chi connectivity index (χ4n) is 4.89. The van der Waals surface area contributed by atoms with Gasteiger partial charge in [0.15, 0.2) is 0 Å². The van der Waals surface area contributed by atoms with E-state index in [2.05, 4.69) is 48.2 Å².